The maximum Gasteiger partial charge on any atom is 0.357 e. The number of carbonyl (C=O) groups excluding carboxylic acids is 1. The molecule has 0 saturated carbocycles. The second kappa shape index (κ2) is 21.1. The molecule has 16 nitrogen and oxygen atoms in total. The predicted octanol–water partition coefficient (Wildman–Crippen LogP) is 5.71. The number of halogens is 2. The minimum absolute atomic E-state index is 0.206. The van der Waals surface area contributed by atoms with Crippen LogP contribution in [0.25, 0.3) is 45.1 Å². The Hall–Kier alpha value is -7.44. The molecular formula is C46H48F2N14O2. The highest BCUT2D eigenvalue weighted by Gasteiger charge is 2.23. The number of aromatic nitrogens is 10. The van der Waals surface area contributed by atoms with E-state index in [4.69, 9.17) is 26.3 Å². The van der Waals surface area contributed by atoms with E-state index in [0.717, 1.165) is 42.0 Å². The molecule has 18 heteroatoms. The smallest absolute Gasteiger partial charge is 0.357 e. The number of nitrogens with two attached hydrogens (primary N) is 2. The van der Waals surface area contributed by atoms with Crippen LogP contribution in [0.3, 0.4) is 0 Å². The van der Waals surface area contributed by atoms with Crippen LogP contribution < -0.4 is 16.8 Å². The van der Waals surface area contributed by atoms with Crippen molar-refractivity contribution in [1.82, 2.24) is 54.8 Å². The third-order valence-electron chi connectivity index (χ3n) is 10.0. The third kappa shape index (κ3) is 9.93. The van der Waals surface area contributed by atoms with Crippen molar-refractivity contribution in [2.45, 2.75) is 46.7 Å². The summed E-state index contributed by atoms with van der Waals surface area (Å²) < 4.78 is 36.8. The maximum atomic E-state index is 14.2. The zero-order chi connectivity index (χ0) is 45.0. The lowest BCUT2D eigenvalue weighted by Crippen LogP contribution is -2.22. The Morgan fingerprint density at radius 3 is 1.69 bits per heavy atom. The van der Waals surface area contributed by atoms with E-state index >= 15 is 0 Å². The molecule has 0 amide bonds. The van der Waals surface area contributed by atoms with Gasteiger partial charge in [-0.2, -0.15) is 10.2 Å². The lowest BCUT2D eigenvalue weighted by atomic mass is 10.1. The van der Waals surface area contributed by atoms with E-state index in [1.807, 2.05) is 37.4 Å². The Bertz CT molecular complexity index is 2910. The number of fused-ring (bicyclic) bond motifs is 2. The van der Waals surface area contributed by atoms with E-state index in [0.29, 0.717) is 75.9 Å². The zero-order valence-corrected chi connectivity index (χ0v) is 35.7. The van der Waals surface area contributed by atoms with E-state index < -0.39 is 5.97 Å². The number of rotatable bonds is 12. The molecule has 0 unspecified atom stereocenters. The standard InChI is InChI=1S/C22H20FN7.C22H20FN5O2.C2H8N2/c1-2-14-12-27-21(28-18(14)20-24-10-11-25-20)19-16-7-5-9-26-22(16)30(29-19)13-15-6-3-4-8-17(15)23;1-3-14-12-25-20(26-18(14)22(29)30-4-2)19-16-9-7-11-24-21(16)28(27-19)13-15-8-5-6-10-17(15)23;3-1-2-4/h3-9,12H,2,10-11,13H2,1H3,(H,24,25);5-12H,3-4,13H2,1-2H3;1-4H2. The van der Waals surface area contributed by atoms with Crippen molar-refractivity contribution < 1.29 is 18.3 Å². The molecule has 0 atom stereocenters. The fourth-order valence-corrected chi connectivity index (χ4v) is 6.84. The molecule has 5 N–H and O–H groups in total. The summed E-state index contributed by atoms with van der Waals surface area (Å²) in [5.41, 5.74) is 15.9. The number of pyridine rings is 2. The van der Waals surface area contributed by atoms with Gasteiger partial charge >= 0.3 is 5.97 Å². The van der Waals surface area contributed by atoms with Gasteiger partial charge in [-0.25, -0.2) is 52.8 Å². The molecule has 6 aromatic heterocycles. The number of benzene rings is 2. The number of aryl methyl sites for hydroxylation is 2. The molecule has 0 bridgehead atoms. The van der Waals surface area contributed by atoms with Crippen molar-refractivity contribution in [3.63, 3.8) is 0 Å². The Morgan fingerprint density at radius 1 is 0.672 bits per heavy atom. The summed E-state index contributed by atoms with van der Waals surface area (Å²) in [5, 5.41) is 14.2. The predicted molar refractivity (Wildman–Crippen MR) is 240 cm³/mol. The van der Waals surface area contributed by atoms with Crippen LogP contribution in [-0.2, 0) is 30.7 Å². The van der Waals surface area contributed by atoms with Crippen molar-refractivity contribution in [3.05, 3.63) is 143 Å². The zero-order valence-electron chi connectivity index (χ0n) is 35.7. The van der Waals surface area contributed by atoms with Crippen LogP contribution in [0.2, 0.25) is 0 Å². The number of amidine groups is 1. The van der Waals surface area contributed by atoms with E-state index in [2.05, 4.69) is 47.3 Å². The van der Waals surface area contributed by atoms with Gasteiger partial charge in [0.2, 0.25) is 0 Å². The number of aliphatic imine (C=N–C) groups is 1. The van der Waals surface area contributed by atoms with Crippen LogP contribution in [0.15, 0.2) is 103 Å². The van der Waals surface area contributed by atoms with Crippen LogP contribution in [0.1, 0.15) is 59.2 Å². The van der Waals surface area contributed by atoms with Gasteiger partial charge < -0.3 is 21.5 Å². The molecule has 0 spiro atoms. The molecule has 9 rings (SSSR count). The lowest BCUT2D eigenvalue weighted by Gasteiger charge is -2.08. The molecule has 0 aliphatic carbocycles. The van der Waals surface area contributed by atoms with Gasteiger partial charge in [-0.05, 0) is 61.7 Å². The molecule has 8 aromatic rings. The topological polar surface area (TPSA) is 216 Å². The molecule has 1 aliphatic heterocycles. The second-order valence-corrected chi connectivity index (χ2v) is 14.2. The number of nitrogens with one attached hydrogen (secondary N) is 1. The highest BCUT2D eigenvalue weighted by atomic mass is 19.1. The SMILES string of the molecule is CCOC(=O)c1nc(-c2nn(Cc3ccccc3F)c3ncccc23)ncc1CC.CCc1cnc(-c2nn(Cc3ccccc3F)c3ncccc23)nc1C1=NCCN1.NCCN. The summed E-state index contributed by atoms with van der Waals surface area (Å²) >= 11 is 0. The highest BCUT2D eigenvalue weighted by molar-refractivity contribution is 6.00. The summed E-state index contributed by atoms with van der Waals surface area (Å²) in [6.07, 6.45) is 8.20. The largest absolute Gasteiger partial charge is 0.461 e. The lowest BCUT2D eigenvalue weighted by molar-refractivity contribution is 0.0518. The summed E-state index contributed by atoms with van der Waals surface area (Å²) in [7, 11) is 0. The maximum absolute atomic E-state index is 14.2. The fraction of sp³-hybridized carbons (Fsp3) is 0.261. The number of nitrogens with zero attached hydrogens (tertiary/aromatic N) is 11. The first-order valence-electron chi connectivity index (χ1n) is 21.0. The molecule has 0 fully saturated rings. The van der Waals surface area contributed by atoms with Gasteiger partial charge in [-0.15, -0.1) is 0 Å². The molecule has 7 heterocycles. The normalized spacial score (nSPS) is 12.0. The van der Waals surface area contributed by atoms with E-state index in [1.54, 1.807) is 71.3 Å². The van der Waals surface area contributed by atoms with Gasteiger partial charge in [-0.1, -0.05) is 50.2 Å². The van der Waals surface area contributed by atoms with Gasteiger partial charge in [0.15, 0.2) is 28.6 Å². The molecule has 64 heavy (non-hydrogen) atoms. The molecule has 0 saturated heterocycles. The fourth-order valence-electron chi connectivity index (χ4n) is 6.84. The average molecular weight is 867 g/mol. The van der Waals surface area contributed by atoms with Crippen LogP contribution in [0.5, 0.6) is 0 Å². The van der Waals surface area contributed by atoms with Crippen molar-refractivity contribution in [2.75, 3.05) is 32.8 Å². The van der Waals surface area contributed by atoms with Crippen LogP contribution in [0, 0.1) is 11.6 Å². The molecule has 328 valence electrons. The highest BCUT2D eigenvalue weighted by Crippen LogP contribution is 2.28. The summed E-state index contributed by atoms with van der Waals surface area (Å²) in [5.74, 6) is 0.515. The van der Waals surface area contributed by atoms with Gasteiger partial charge in [0.1, 0.15) is 34.6 Å². The second-order valence-electron chi connectivity index (χ2n) is 14.2. The van der Waals surface area contributed by atoms with Crippen LogP contribution in [0.4, 0.5) is 8.78 Å². The van der Waals surface area contributed by atoms with Gasteiger partial charge in [0, 0.05) is 61.1 Å². The summed E-state index contributed by atoms with van der Waals surface area (Å²) in [6.45, 7) is 9.21. The van der Waals surface area contributed by atoms with Gasteiger partial charge in [0.05, 0.1) is 37.0 Å². The molecular weight excluding hydrogens is 819 g/mol. The third-order valence-corrected chi connectivity index (χ3v) is 10.0. The Labute approximate surface area is 367 Å². The van der Waals surface area contributed by atoms with Crippen LogP contribution >= 0.6 is 0 Å². The van der Waals surface area contributed by atoms with Crippen molar-refractivity contribution in [3.8, 4) is 23.0 Å². The summed E-state index contributed by atoms with van der Waals surface area (Å²) in [4.78, 5) is 44.0. The van der Waals surface area contributed by atoms with Crippen LogP contribution in [-0.4, -0.2) is 94.1 Å². The minimum atomic E-state index is -0.494. The number of carbonyl (C=O) groups is 1. The Balaban J connectivity index is 0.000000177. The van der Waals surface area contributed by atoms with Crippen molar-refractivity contribution >= 4 is 33.9 Å². The van der Waals surface area contributed by atoms with Gasteiger partial charge in [-0.3, -0.25) is 4.99 Å². The number of hydrogen-bond acceptors (Lipinski definition) is 14. The average Bonchev–Trinajstić information content (AvgIpc) is 4.09. The van der Waals surface area contributed by atoms with Gasteiger partial charge in [0.25, 0.3) is 0 Å². The monoisotopic (exact) mass is 866 g/mol. The Morgan fingerprint density at radius 2 is 1.20 bits per heavy atom. The molecule has 1 aliphatic rings. The number of hydrogen-bond donors (Lipinski definition) is 3. The van der Waals surface area contributed by atoms with E-state index in [1.165, 1.54) is 12.1 Å². The summed E-state index contributed by atoms with van der Waals surface area (Å²) in [6, 6.07) is 20.6. The quantitative estimate of drug-likeness (QED) is 0.126. The molecule has 2 aromatic carbocycles. The number of ether oxygens (including phenoxy) is 1. The molecule has 0 radical (unpaired) electrons. The van der Waals surface area contributed by atoms with E-state index in [-0.39, 0.29) is 37.0 Å². The first-order chi connectivity index (χ1) is 31.3. The Kier molecular flexibility index (Phi) is 14.7. The first kappa shape index (κ1) is 44.6. The minimum Gasteiger partial charge on any atom is -0.461 e. The van der Waals surface area contributed by atoms with Crippen molar-refractivity contribution in [1.29, 1.82) is 0 Å². The van der Waals surface area contributed by atoms with E-state index in [9.17, 15) is 13.6 Å². The van der Waals surface area contributed by atoms with Crippen molar-refractivity contribution in [2.24, 2.45) is 16.5 Å². The number of esters is 1. The first-order valence-corrected chi connectivity index (χ1v) is 21.0.